The summed E-state index contributed by atoms with van der Waals surface area (Å²) in [6.07, 6.45) is 4.41. The van der Waals surface area contributed by atoms with Crippen molar-refractivity contribution < 1.29 is 19.6 Å². The van der Waals surface area contributed by atoms with E-state index in [9.17, 15) is 14.9 Å². The van der Waals surface area contributed by atoms with Crippen LogP contribution < -0.4 is 0 Å². The second-order valence-corrected chi connectivity index (χ2v) is 5.40. The van der Waals surface area contributed by atoms with Crippen LogP contribution in [0.25, 0.3) is 0 Å². The lowest BCUT2D eigenvalue weighted by Gasteiger charge is -2.05. The lowest BCUT2D eigenvalue weighted by atomic mass is 10.1. The number of carbonyl (C=O) groups excluding carboxylic acids is 1. The number of esters is 1. The van der Waals surface area contributed by atoms with E-state index in [2.05, 4.69) is 15.9 Å². The quantitative estimate of drug-likeness (QED) is 0.315. The largest absolute Gasteiger partial charge is 0.462 e. The molecule has 1 aromatic rings. The topological polar surface area (TPSA) is 89.7 Å². The molecule has 0 bridgehead atoms. The fraction of sp³-hybridized carbons (Fsp3) is 0.500. The van der Waals surface area contributed by atoms with Gasteiger partial charge in [-0.1, -0.05) is 19.3 Å². The number of nitrogens with zero attached hydrogens (tertiary/aromatic N) is 1. The highest BCUT2D eigenvalue weighted by atomic mass is 79.9. The van der Waals surface area contributed by atoms with Gasteiger partial charge in [0.25, 0.3) is 5.69 Å². The Labute approximate surface area is 131 Å². The van der Waals surface area contributed by atoms with Crippen molar-refractivity contribution in [2.45, 2.75) is 32.1 Å². The van der Waals surface area contributed by atoms with Crippen LogP contribution in [0, 0.1) is 10.1 Å². The Hall–Kier alpha value is -1.47. The summed E-state index contributed by atoms with van der Waals surface area (Å²) in [6, 6.07) is 4.15. The minimum Gasteiger partial charge on any atom is -0.462 e. The molecule has 0 aliphatic heterocycles. The third-order valence-corrected chi connectivity index (χ3v) is 3.58. The predicted molar refractivity (Wildman–Crippen MR) is 81.2 cm³/mol. The van der Waals surface area contributed by atoms with Crippen molar-refractivity contribution in [1.29, 1.82) is 0 Å². The molecule has 1 N–H and O–H groups in total. The summed E-state index contributed by atoms with van der Waals surface area (Å²) >= 11 is 3.06. The zero-order chi connectivity index (χ0) is 15.7. The number of aliphatic hydroxyl groups excluding tert-OH is 1. The molecule has 1 rings (SSSR count). The van der Waals surface area contributed by atoms with Crippen LogP contribution in [0.5, 0.6) is 0 Å². The number of aliphatic hydroxyl groups is 1. The summed E-state index contributed by atoms with van der Waals surface area (Å²) in [5.41, 5.74) is 0.0126. The van der Waals surface area contributed by atoms with Crippen LogP contribution in [-0.2, 0) is 4.74 Å². The van der Waals surface area contributed by atoms with Gasteiger partial charge in [0.2, 0.25) is 0 Å². The number of hydrogen-bond acceptors (Lipinski definition) is 5. The van der Waals surface area contributed by atoms with Gasteiger partial charge in [0.05, 0.1) is 21.6 Å². The first-order valence-electron chi connectivity index (χ1n) is 6.78. The van der Waals surface area contributed by atoms with Gasteiger partial charge in [0.15, 0.2) is 0 Å². The van der Waals surface area contributed by atoms with Crippen molar-refractivity contribution in [3.05, 3.63) is 38.3 Å². The lowest BCUT2D eigenvalue weighted by molar-refractivity contribution is -0.385. The summed E-state index contributed by atoms with van der Waals surface area (Å²) in [7, 11) is 0. The zero-order valence-electron chi connectivity index (χ0n) is 11.6. The molecular formula is C14H18BrNO5. The Bertz CT molecular complexity index is 492. The lowest BCUT2D eigenvalue weighted by Crippen LogP contribution is -2.07. The molecular weight excluding hydrogens is 342 g/mol. The number of ether oxygens (including phenoxy) is 1. The van der Waals surface area contributed by atoms with Crippen molar-refractivity contribution >= 4 is 27.6 Å². The normalized spacial score (nSPS) is 10.4. The number of rotatable bonds is 9. The van der Waals surface area contributed by atoms with Crippen molar-refractivity contribution in [1.82, 2.24) is 0 Å². The summed E-state index contributed by atoms with van der Waals surface area (Å²) in [5.74, 6) is -0.555. The Morgan fingerprint density at radius 3 is 2.57 bits per heavy atom. The van der Waals surface area contributed by atoms with Gasteiger partial charge in [-0.15, -0.1) is 0 Å². The van der Waals surface area contributed by atoms with E-state index in [4.69, 9.17) is 9.84 Å². The van der Waals surface area contributed by atoms with Crippen molar-refractivity contribution in [2.75, 3.05) is 13.2 Å². The molecule has 0 fully saturated rings. The molecule has 0 aromatic heterocycles. The van der Waals surface area contributed by atoms with E-state index in [-0.39, 0.29) is 17.9 Å². The van der Waals surface area contributed by atoms with E-state index < -0.39 is 10.9 Å². The molecule has 21 heavy (non-hydrogen) atoms. The molecule has 0 aliphatic rings. The van der Waals surface area contributed by atoms with E-state index >= 15 is 0 Å². The average Bonchev–Trinajstić information content (AvgIpc) is 2.46. The summed E-state index contributed by atoms with van der Waals surface area (Å²) in [5, 5.41) is 19.4. The molecule has 0 radical (unpaired) electrons. The van der Waals surface area contributed by atoms with E-state index in [0.29, 0.717) is 11.1 Å². The van der Waals surface area contributed by atoms with E-state index in [0.717, 1.165) is 32.1 Å². The Morgan fingerprint density at radius 2 is 1.90 bits per heavy atom. The van der Waals surface area contributed by atoms with Crippen molar-refractivity contribution in [3.63, 3.8) is 0 Å². The van der Waals surface area contributed by atoms with Crippen LogP contribution >= 0.6 is 15.9 Å². The number of hydrogen-bond donors (Lipinski definition) is 1. The molecule has 0 spiro atoms. The molecule has 0 unspecified atom stereocenters. The van der Waals surface area contributed by atoms with E-state index in [1.54, 1.807) is 0 Å². The zero-order valence-corrected chi connectivity index (χ0v) is 13.2. The smallest absolute Gasteiger partial charge is 0.338 e. The van der Waals surface area contributed by atoms with Gasteiger partial charge in [-0.25, -0.2) is 4.79 Å². The van der Waals surface area contributed by atoms with Gasteiger partial charge in [-0.05, 0) is 40.9 Å². The first-order valence-corrected chi connectivity index (χ1v) is 7.57. The molecule has 0 saturated carbocycles. The maximum atomic E-state index is 11.8. The highest BCUT2D eigenvalue weighted by Crippen LogP contribution is 2.25. The third kappa shape index (κ3) is 6.22. The number of benzene rings is 1. The van der Waals surface area contributed by atoms with Gasteiger partial charge in [-0.2, -0.15) is 0 Å². The maximum absolute atomic E-state index is 11.8. The number of unbranched alkanes of at least 4 members (excludes halogenated alkanes) is 4. The minimum absolute atomic E-state index is 0.159. The summed E-state index contributed by atoms with van der Waals surface area (Å²) in [4.78, 5) is 22.0. The molecule has 6 nitrogen and oxygen atoms in total. The highest BCUT2D eigenvalue weighted by Gasteiger charge is 2.16. The van der Waals surface area contributed by atoms with Gasteiger partial charge in [0, 0.05) is 12.7 Å². The molecule has 0 amide bonds. The molecule has 116 valence electrons. The first-order chi connectivity index (χ1) is 10.1. The van der Waals surface area contributed by atoms with Gasteiger partial charge in [-0.3, -0.25) is 10.1 Å². The van der Waals surface area contributed by atoms with Gasteiger partial charge >= 0.3 is 5.97 Å². The second-order valence-electron chi connectivity index (χ2n) is 4.55. The van der Waals surface area contributed by atoms with Crippen LogP contribution in [0.2, 0.25) is 0 Å². The van der Waals surface area contributed by atoms with Crippen molar-refractivity contribution in [2.24, 2.45) is 0 Å². The van der Waals surface area contributed by atoms with Crippen LogP contribution in [0.1, 0.15) is 42.5 Å². The van der Waals surface area contributed by atoms with Crippen LogP contribution in [0.3, 0.4) is 0 Å². The third-order valence-electron chi connectivity index (χ3n) is 2.91. The van der Waals surface area contributed by atoms with Gasteiger partial charge < -0.3 is 9.84 Å². The van der Waals surface area contributed by atoms with E-state index in [1.807, 2.05) is 0 Å². The van der Waals surface area contributed by atoms with Crippen LogP contribution in [0.15, 0.2) is 22.7 Å². The van der Waals surface area contributed by atoms with Crippen LogP contribution in [-0.4, -0.2) is 29.2 Å². The number of nitro benzene ring substituents is 1. The fourth-order valence-corrected chi connectivity index (χ4v) is 2.16. The SMILES string of the molecule is O=C(OCCCCCCCO)c1ccc(Br)c([N+](=O)[O-])c1. The molecule has 0 saturated heterocycles. The van der Waals surface area contributed by atoms with Crippen molar-refractivity contribution in [3.8, 4) is 0 Å². The Morgan fingerprint density at radius 1 is 1.24 bits per heavy atom. The number of halogens is 1. The van der Waals surface area contributed by atoms with Gasteiger partial charge in [0.1, 0.15) is 0 Å². The minimum atomic E-state index is -0.555. The summed E-state index contributed by atoms with van der Waals surface area (Å²) < 4.78 is 5.41. The second kappa shape index (κ2) is 9.46. The molecule has 0 atom stereocenters. The molecule has 1 aromatic carbocycles. The Balaban J connectivity index is 2.39. The monoisotopic (exact) mass is 359 g/mol. The van der Waals surface area contributed by atoms with E-state index in [1.165, 1.54) is 18.2 Å². The first kappa shape index (κ1) is 17.6. The average molecular weight is 360 g/mol. The fourth-order valence-electron chi connectivity index (χ4n) is 1.77. The summed E-state index contributed by atoms with van der Waals surface area (Å²) in [6.45, 7) is 0.499. The maximum Gasteiger partial charge on any atom is 0.338 e. The highest BCUT2D eigenvalue weighted by molar-refractivity contribution is 9.10. The van der Waals surface area contributed by atoms with Crippen LogP contribution in [0.4, 0.5) is 5.69 Å². The predicted octanol–water partition coefficient (Wildman–Crippen LogP) is 3.46. The standard InChI is InChI=1S/C14H18BrNO5/c15-12-7-6-11(10-13(12)16(19)20)14(18)21-9-5-3-1-2-4-8-17/h6-7,10,17H,1-5,8-9H2. The molecule has 0 heterocycles. The number of nitro groups is 1. The number of carbonyl (C=O) groups is 1. The Kier molecular flexibility index (Phi) is 7.92. The molecule has 0 aliphatic carbocycles. The molecule has 7 heteroatoms.